The molecular formula is C12H14ClN3O. The van der Waals surface area contributed by atoms with Gasteiger partial charge >= 0.3 is 0 Å². The second-order valence-electron chi connectivity index (χ2n) is 3.60. The summed E-state index contributed by atoms with van der Waals surface area (Å²) in [5, 5.41) is 4.75. The van der Waals surface area contributed by atoms with Gasteiger partial charge in [-0.3, -0.25) is 4.68 Å². The van der Waals surface area contributed by atoms with E-state index in [0.717, 1.165) is 12.2 Å². The minimum Gasteiger partial charge on any atom is -0.486 e. The van der Waals surface area contributed by atoms with Gasteiger partial charge in [-0.1, -0.05) is 23.7 Å². The van der Waals surface area contributed by atoms with Crippen LogP contribution < -0.4 is 10.5 Å². The lowest BCUT2D eigenvalue weighted by molar-refractivity contribution is 0.292. The van der Waals surface area contributed by atoms with Crippen LogP contribution in [0, 0.1) is 0 Å². The second kappa shape index (κ2) is 5.10. The maximum atomic E-state index is 6.00. The molecule has 0 aliphatic rings. The predicted octanol–water partition coefficient (Wildman–Crippen LogP) is 2.72. The molecule has 0 aliphatic heterocycles. The Kier molecular flexibility index (Phi) is 3.54. The van der Waals surface area contributed by atoms with Crippen molar-refractivity contribution in [1.82, 2.24) is 9.78 Å². The van der Waals surface area contributed by atoms with Gasteiger partial charge in [-0.15, -0.1) is 0 Å². The Bertz CT molecular complexity index is 510. The first-order valence-electron chi connectivity index (χ1n) is 5.40. The van der Waals surface area contributed by atoms with Gasteiger partial charge in [-0.25, -0.2) is 0 Å². The van der Waals surface area contributed by atoms with Crippen molar-refractivity contribution in [2.45, 2.75) is 20.1 Å². The van der Waals surface area contributed by atoms with Gasteiger partial charge in [0.15, 0.2) is 0 Å². The summed E-state index contributed by atoms with van der Waals surface area (Å²) in [5.41, 5.74) is 6.58. The lowest BCUT2D eigenvalue weighted by Gasteiger charge is -2.08. The highest BCUT2D eigenvalue weighted by Crippen LogP contribution is 2.24. The number of aryl methyl sites for hydroxylation is 1. The van der Waals surface area contributed by atoms with E-state index in [1.807, 2.05) is 29.8 Å². The molecule has 0 fully saturated rings. The number of rotatable bonds is 4. The van der Waals surface area contributed by atoms with Crippen LogP contribution in [-0.2, 0) is 13.2 Å². The van der Waals surface area contributed by atoms with Crippen LogP contribution in [0.1, 0.15) is 12.6 Å². The quantitative estimate of drug-likeness (QED) is 0.909. The fourth-order valence-electron chi connectivity index (χ4n) is 1.58. The van der Waals surface area contributed by atoms with Crippen molar-refractivity contribution in [2.75, 3.05) is 5.73 Å². The number of nitrogens with zero attached hydrogens (tertiary/aromatic N) is 2. The molecule has 0 bridgehead atoms. The molecule has 5 heteroatoms. The number of para-hydroxylation sites is 1. The molecule has 0 radical (unpaired) electrons. The van der Waals surface area contributed by atoms with E-state index in [-0.39, 0.29) is 0 Å². The van der Waals surface area contributed by atoms with Gasteiger partial charge < -0.3 is 10.5 Å². The first-order chi connectivity index (χ1) is 8.20. The molecule has 0 saturated heterocycles. The van der Waals surface area contributed by atoms with Gasteiger partial charge in [0.2, 0.25) is 0 Å². The molecule has 90 valence electrons. The molecule has 0 amide bonds. The smallest absolute Gasteiger partial charge is 0.145 e. The minimum absolute atomic E-state index is 0.405. The van der Waals surface area contributed by atoms with E-state index in [0.29, 0.717) is 23.2 Å². The number of hydrogen-bond donors (Lipinski definition) is 1. The van der Waals surface area contributed by atoms with Crippen molar-refractivity contribution >= 4 is 17.4 Å². The zero-order valence-electron chi connectivity index (χ0n) is 9.56. The molecule has 0 unspecified atom stereocenters. The maximum absolute atomic E-state index is 6.00. The van der Waals surface area contributed by atoms with Crippen LogP contribution in [0.25, 0.3) is 0 Å². The number of benzene rings is 1. The van der Waals surface area contributed by atoms with Crippen LogP contribution in [0.3, 0.4) is 0 Å². The summed E-state index contributed by atoms with van der Waals surface area (Å²) in [6.45, 7) is 3.17. The molecule has 2 N–H and O–H groups in total. The molecule has 0 saturated carbocycles. The first kappa shape index (κ1) is 11.8. The van der Waals surface area contributed by atoms with Gasteiger partial charge in [0.05, 0.1) is 10.7 Å². The fourth-order valence-corrected chi connectivity index (χ4v) is 1.77. The third-order valence-electron chi connectivity index (χ3n) is 2.39. The molecule has 0 aliphatic carbocycles. The maximum Gasteiger partial charge on any atom is 0.145 e. The van der Waals surface area contributed by atoms with Crippen LogP contribution in [0.5, 0.6) is 5.75 Å². The number of anilines is 1. The summed E-state index contributed by atoms with van der Waals surface area (Å²) >= 11 is 6.00. The standard InChI is InChI=1S/C12H14ClN3O/c1-2-16-9(7-12(14)15-16)8-17-11-6-4-3-5-10(11)13/h3-7H,2,8H2,1H3,(H2,14,15). The van der Waals surface area contributed by atoms with Crippen LogP contribution >= 0.6 is 11.6 Å². The van der Waals surface area contributed by atoms with E-state index in [4.69, 9.17) is 22.1 Å². The third kappa shape index (κ3) is 2.71. The van der Waals surface area contributed by atoms with E-state index in [2.05, 4.69) is 5.10 Å². The minimum atomic E-state index is 0.405. The van der Waals surface area contributed by atoms with E-state index in [9.17, 15) is 0 Å². The molecule has 1 heterocycles. The Morgan fingerprint density at radius 3 is 2.88 bits per heavy atom. The van der Waals surface area contributed by atoms with Gasteiger partial charge in [0, 0.05) is 12.6 Å². The Morgan fingerprint density at radius 1 is 1.41 bits per heavy atom. The van der Waals surface area contributed by atoms with Gasteiger partial charge in [0.1, 0.15) is 18.2 Å². The average Bonchev–Trinajstić information content (AvgIpc) is 2.69. The van der Waals surface area contributed by atoms with Crippen molar-refractivity contribution in [1.29, 1.82) is 0 Å². The predicted molar refractivity (Wildman–Crippen MR) is 68.1 cm³/mol. The van der Waals surface area contributed by atoms with Crippen molar-refractivity contribution < 1.29 is 4.74 Å². The molecule has 4 nitrogen and oxygen atoms in total. The van der Waals surface area contributed by atoms with E-state index in [1.165, 1.54) is 0 Å². The number of nitrogen functional groups attached to an aromatic ring is 1. The van der Waals surface area contributed by atoms with Crippen molar-refractivity contribution in [2.24, 2.45) is 0 Å². The van der Waals surface area contributed by atoms with Crippen LogP contribution in [0.4, 0.5) is 5.82 Å². The summed E-state index contributed by atoms with van der Waals surface area (Å²) in [7, 11) is 0. The Morgan fingerprint density at radius 2 is 2.18 bits per heavy atom. The molecule has 2 rings (SSSR count). The lowest BCUT2D eigenvalue weighted by atomic mass is 10.3. The SMILES string of the molecule is CCn1nc(N)cc1COc1ccccc1Cl. The number of hydrogen-bond acceptors (Lipinski definition) is 3. The average molecular weight is 252 g/mol. The molecule has 0 spiro atoms. The first-order valence-corrected chi connectivity index (χ1v) is 5.78. The molecule has 1 aromatic heterocycles. The van der Waals surface area contributed by atoms with Gasteiger partial charge in [-0.2, -0.15) is 5.10 Å². The highest BCUT2D eigenvalue weighted by molar-refractivity contribution is 6.32. The van der Waals surface area contributed by atoms with E-state index in [1.54, 1.807) is 12.1 Å². The molecule has 2 aromatic rings. The van der Waals surface area contributed by atoms with Crippen LogP contribution in [0.2, 0.25) is 5.02 Å². The van der Waals surface area contributed by atoms with Crippen LogP contribution in [0.15, 0.2) is 30.3 Å². The normalized spacial score (nSPS) is 10.5. The summed E-state index contributed by atoms with van der Waals surface area (Å²) in [5.74, 6) is 1.17. The highest BCUT2D eigenvalue weighted by Gasteiger charge is 2.06. The Labute approximate surface area is 105 Å². The van der Waals surface area contributed by atoms with Gasteiger partial charge in [0.25, 0.3) is 0 Å². The van der Waals surface area contributed by atoms with Gasteiger partial charge in [-0.05, 0) is 19.1 Å². The molecule has 1 aromatic carbocycles. The van der Waals surface area contributed by atoms with Crippen molar-refractivity contribution in [3.05, 3.63) is 41.0 Å². The Balaban J connectivity index is 2.09. The monoisotopic (exact) mass is 251 g/mol. The fraction of sp³-hybridized carbons (Fsp3) is 0.250. The summed E-state index contributed by atoms with van der Waals surface area (Å²) in [4.78, 5) is 0. The summed E-state index contributed by atoms with van der Waals surface area (Å²) in [6, 6.07) is 9.18. The zero-order chi connectivity index (χ0) is 12.3. The van der Waals surface area contributed by atoms with Crippen molar-refractivity contribution in [3.63, 3.8) is 0 Å². The third-order valence-corrected chi connectivity index (χ3v) is 2.71. The Hall–Kier alpha value is -1.68. The lowest BCUT2D eigenvalue weighted by Crippen LogP contribution is -2.06. The van der Waals surface area contributed by atoms with Crippen molar-refractivity contribution in [3.8, 4) is 5.75 Å². The zero-order valence-corrected chi connectivity index (χ0v) is 10.3. The number of halogens is 1. The van der Waals surface area contributed by atoms with E-state index < -0.39 is 0 Å². The number of aromatic nitrogens is 2. The van der Waals surface area contributed by atoms with Crippen LogP contribution in [-0.4, -0.2) is 9.78 Å². The highest BCUT2D eigenvalue weighted by atomic mass is 35.5. The molecule has 0 atom stereocenters. The van der Waals surface area contributed by atoms with E-state index >= 15 is 0 Å². The largest absolute Gasteiger partial charge is 0.486 e. The summed E-state index contributed by atoms with van der Waals surface area (Å²) < 4.78 is 7.44. The summed E-state index contributed by atoms with van der Waals surface area (Å²) in [6.07, 6.45) is 0. The topological polar surface area (TPSA) is 53.1 Å². The molecule has 17 heavy (non-hydrogen) atoms. The number of nitrogens with two attached hydrogens (primary N) is 1. The number of ether oxygens (including phenoxy) is 1. The molecular weight excluding hydrogens is 238 g/mol. The second-order valence-corrected chi connectivity index (χ2v) is 4.00.